The molecule has 0 bridgehead atoms. The zero-order chi connectivity index (χ0) is 18.3. The predicted octanol–water partition coefficient (Wildman–Crippen LogP) is 0.710. The van der Waals surface area contributed by atoms with Gasteiger partial charge in [-0.2, -0.15) is 0 Å². The Bertz CT molecular complexity index is 738. The van der Waals surface area contributed by atoms with Gasteiger partial charge in [-0.25, -0.2) is 0 Å². The molecule has 3 heterocycles. The Labute approximate surface area is 151 Å². The molecule has 0 radical (unpaired) electrons. The van der Waals surface area contributed by atoms with Crippen LogP contribution in [-0.4, -0.2) is 58.9 Å². The highest BCUT2D eigenvalue weighted by Gasteiger charge is 2.41. The molecule has 140 valence electrons. The molecular formula is C18H24N4O4. The number of nitrogens with one attached hydrogen (secondary N) is 1. The maximum absolute atomic E-state index is 13.0. The minimum Gasteiger partial charge on any atom is -0.360 e. The van der Waals surface area contributed by atoms with Crippen LogP contribution in [0.5, 0.6) is 0 Å². The van der Waals surface area contributed by atoms with Crippen molar-refractivity contribution in [3.63, 3.8) is 0 Å². The van der Waals surface area contributed by atoms with Crippen molar-refractivity contribution < 1.29 is 18.9 Å². The van der Waals surface area contributed by atoms with E-state index in [1.54, 1.807) is 4.90 Å². The van der Waals surface area contributed by atoms with Gasteiger partial charge in [-0.05, 0) is 12.8 Å². The standard InChI is InChI=1S/C18H24N4O4/c1-19-17(24)16-13-10-21(7-6-14(13)26-20-16)18(25)11-8-15(23)22(9-11)12-4-2-3-5-12/h11-12H,2-10H2,1H3,(H,19,24)/t11-/m0/s1. The van der Waals surface area contributed by atoms with Gasteiger partial charge in [0.1, 0.15) is 5.76 Å². The smallest absolute Gasteiger partial charge is 0.273 e. The lowest BCUT2D eigenvalue weighted by molar-refractivity contribution is -0.136. The molecule has 3 amide bonds. The third-order valence-electron chi connectivity index (χ3n) is 5.85. The summed E-state index contributed by atoms with van der Waals surface area (Å²) in [6, 6.07) is 0.311. The fourth-order valence-electron chi connectivity index (χ4n) is 4.42. The van der Waals surface area contributed by atoms with Crippen molar-refractivity contribution in [3.8, 4) is 0 Å². The predicted molar refractivity (Wildman–Crippen MR) is 91.1 cm³/mol. The van der Waals surface area contributed by atoms with Crippen LogP contribution in [0, 0.1) is 5.92 Å². The lowest BCUT2D eigenvalue weighted by Crippen LogP contribution is -2.41. The van der Waals surface area contributed by atoms with E-state index in [0.29, 0.717) is 49.8 Å². The van der Waals surface area contributed by atoms with Crippen molar-refractivity contribution in [1.82, 2.24) is 20.3 Å². The zero-order valence-electron chi connectivity index (χ0n) is 15.0. The maximum Gasteiger partial charge on any atom is 0.273 e. The Kier molecular flexibility index (Phi) is 4.42. The molecule has 1 N–H and O–H groups in total. The number of fused-ring (bicyclic) bond motifs is 1. The minimum absolute atomic E-state index is 0.00597. The van der Waals surface area contributed by atoms with Crippen molar-refractivity contribution in [3.05, 3.63) is 17.0 Å². The van der Waals surface area contributed by atoms with Crippen LogP contribution >= 0.6 is 0 Å². The van der Waals surface area contributed by atoms with E-state index in [0.717, 1.165) is 25.7 Å². The normalized spacial score (nSPS) is 23.4. The molecular weight excluding hydrogens is 336 g/mol. The van der Waals surface area contributed by atoms with E-state index in [9.17, 15) is 14.4 Å². The highest BCUT2D eigenvalue weighted by Crippen LogP contribution is 2.31. The van der Waals surface area contributed by atoms with Crippen LogP contribution in [0.1, 0.15) is 53.9 Å². The van der Waals surface area contributed by atoms with Crippen molar-refractivity contribution in [1.29, 1.82) is 0 Å². The number of amides is 3. The van der Waals surface area contributed by atoms with E-state index < -0.39 is 0 Å². The van der Waals surface area contributed by atoms with Crippen LogP contribution in [0.4, 0.5) is 0 Å². The van der Waals surface area contributed by atoms with Crippen LogP contribution in [0.2, 0.25) is 0 Å². The van der Waals surface area contributed by atoms with Crippen molar-refractivity contribution >= 4 is 17.7 Å². The van der Waals surface area contributed by atoms with E-state index in [-0.39, 0.29) is 29.3 Å². The lowest BCUT2D eigenvalue weighted by Gasteiger charge is -2.29. The molecule has 3 aliphatic rings. The molecule has 1 aromatic rings. The quantitative estimate of drug-likeness (QED) is 0.856. The highest BCUT2D eigenvalue weighted by molar-refractivity contribution is 5.94. The summed E-state index contributed by atoms with van der Waals surface area (Å²) in [6.07, 6.45) is 5.27. The molecule has 8 nitrogen and oxygen atoms in total. The van der Waals surface area contributed by atoms with E-state index in [4.69, 9.17) is 4.52 Å². The van der Waals surface area contributed by atoms with Gasteiger partial charge in [-0.3, -0.25) is 14.4 Å². The minimum atomic E-state index is -0.312. The largest absolute Gasteiger partial charge is 0.360 e. The van der Waals surface area contributed by atoms with Gasteiger partial charge in [0, 0.05) is 44.6 Å². The first-order valence-corrected chi connectivity index (χ1v) is 9.36. The second-order valence-electron chi connectivity index (χ2n) is 7.41. The number of nitrogens with zero attached hydrogens (tertiary/aromatic N) is 3. The monoisotopic (exact) mass is 360 g/mol. The molecule has 2 aliphatic heterocycles. The van der Waals surface area contributed by atoms with Crippen LogP contribution in [0.3, 0.4) is 0 Å². The summed E-state index contributed by atoms with van der Waals surface area (Å²) < 4.78 is 5.25. The summed E-state index contributed by atoms with van der Waals surface area (Å²) in [6.45, 7) is 1.37. The average molecular weight is 360 g/mol. The topological polar surface area (TPSA) is 95.7 Å². The summed E-state index contributed by atoms with van der Waals surface area (Å²) in [5, 5.41) is 6.39. The number of likely N-dealkylation sites (tertiary alicyclic amines) is 1. The lowest BCUT2D eigenvalue weighted by atomic mass is 10.0. The molecule has 1 saturated carbocycles. The molecule has 4 rings (SSSR count). The Morgan fingerprint density at radius 2 is 2.04 bits per heavy atom. The zero-order valence-corrected chi connectivity index (χ0v) is 15.0. The molecule has 0 spiro atoms. The van der Waals surface area contributed by atoms with E-state index >= 15 is 0 Å². The van der Waals surface area contributed by atoms with Gasteiger partial charge in [-0.1, -0.05) is 18.0 Å². The second-order valence-corrected chi connectivity index (χ2v) is 7.41. The SMILES string of the molecule is CNC(=O)c1noc2c1CN(C(=O)[C@H]1CC(=O)N(C3CCCC3)C1)CC2. The number of carbonyl (C=O) groups is 3. The van der Waals surface area contributed by atoms with Crippen LogP contribution in [0.15, 0.2) is 4.52 Å². The summed E-state index contributed by atoms with van der Waals surface area (Å²) in [5.41, 5.74) is 0.927. The Morgan fingerprint density at radius 3 is 2.77 bits per heavy atom. The first-order chi connectivity index (χ1) is 12.6. The van der Waals surface area contributed by atoms with Gasteiger partial charge in [0.15, 0.2) is 5.69 Å². The van der Waals surface area contributed by atoms with Crippen molar-refractivity contribution in [2.45, 2.75) is 51.1 Å². The Morgan fingerprint density at radius 1 is 1.27 bits per heavy atom. The first kappa shape index (κ1) is 17.1. The summed E-state index contributed by atoms with van der Waals surface area (Å²) in [5.74, 6) is 0.168. The van der Waals surface area contributed by atoms with E-state index in [1.165, 1.54) is 7.05 Å². The van der Waals surface area contributed by atoms with Gasteiger partial charge < -0.3 is 19.6 Å². The van der Waals surface area contributed by atoms with Crippen LogP contribution in [-0.2, 0) is 22.6 Å². The van der Waals surface area contributed by atoms with Gasteiger partial charge in [0.2, 0.25) is 11.8 Å². The van der Waals surface area contributed by atoms with Gasteiger partial charge in [0.25, 0.3) is 5.91 Å². The first-order valence-electron chi connectivity index (χ1n) is 9.36. The molecule has 1 aliphatic carbocycles. The molecule has 1 saturated heterocycles. The van der Waals surface area contributed by atoms with Gasteiger partial charge >= 0.3 is 0 Å². The van der Waals surface area contributed by atoms with Crippen LogP contribution in [0.25, 0.3) is 0 Å². The maximum atomic E-state index is 13.0. The Hall–Kier alpha value is -2.38. The number of hydrogen-bond acceptors (Lipinski definition) is 5. The molecule has 26 heavy (non-hydrogen) atoms. The number of rotatable bonds is 3. The van der Waals surface area contributed by atoms with E-state index in [1.807, 2.05) is 4.90 Å². The van der Waals surface area contributed by atoms with Crippen molar-refractivity contribution in [2.24, 2.45) is 5.92 Å². The van der Waals surface area contributed by atoms with E-state index in [2.05, 4.69) is 10.5 Å². The Balaban J connectivity index is 1.45. The molecule has 0 unspecified atom stereocenters. The summed E-state index contributed by atoms with van der Waals surface area (Å²) >= 11 is 0. The van der Waals surface area contributed by atoms with Crippen LogP contribution < -0.4 is 5.32 Å². The second kappa shape index (κ2) is 6.74. The molecule has 0 aromatic carbocycles. The number of carbonyl (C=O) groups excluding carboxylic acids is 3. The number of aromatic nitrogens is 1. The fourth-order valence-corrected chi connectivity index (χ4v) is 4.42. The molecule has 2 fully saturated rings. The third kappa shape index (κ3) is 2.87. The molecule has 1 atom stereocenters. The summed E-state index contributed by atoms with van der Waals surface area (Å²) in [7, 11) is 1.54. The average Bonchev–Trinajstić information content (AvgIpc) is 3.38. The molecule has 1 aromatic heterocycles. The van der Waals surface area contributed by atoms with Gasteiger partial charge in [-0.15, -0.1) is 0 Å². The fraction of sp³-hybridized carbons (Fsp3) is 0.667. The summed E-state index contributed by atoms with van der Waals surface area (Å²) in [4.78, 5) is 40.9. The third-order valence-corrected chi connectivity index (χ3v) is 5.85. The van der Waals surface area contributed by atoms with Gasteiger partial charge in [0.05, 0.1) is 12.5 Å². The van der Waals surface area contributed by atoms with Crippen molar-refractivity contribution in [2.75, 3.05) is 20.1 Å². The highest BCUT2D eigenvalue weighted by atomic mass is 16.5. The molecule has 8 heteroatoms. The number of hydrogen-bond donors (Lipinski definition) is 1.